The Kier molecular flexibility index (Phi) is 4.13. The molecule has 2 N–H and O–H groups in total. The van der Waals surface area contributed by atoms with Crippen LogP contribution in [0.15, 0.2) is 24.3 Å². The van der Waals surface area contributed by atoms with Crippen LogP contribution in [0.1, 0.15) is 36.2 Å². The molecule has 2 atom stereocenters. The monoisotopic (exact) mass is 311 g/mol. The molecule has 116 valence electrons. The molecule has 1 aromatic rings. The molecule has 21 heavy (non-hydrogen) atoms. The molecule has 0 aromatic heterocycles. The number of carbonyl (C=O) groups excluding carboxylic acids is 1. The first kappa shape index (κ1) is 16.0. The van der Waals surface area contributed by atoms with E-state index >= 15 is 0 Å². The van der Waals surface area contributed by atoms with Gasteiger partial charge in [0.15, 0.2) is 9.84 Å². The van der Waals surface area contributed by atoms with Crippen molar-refractivity contribution in [2.45, 2.75) is 38.2 Å². The first-order valence-corrected chi connectivity index (χ1v) is 8.91. The van der Waals surface area contributed by atoms with E-state index in [0.717, 1.165) is 0 Å². The summed E-state index contributed by atoms with van der Waals surface area (Å²) in [5.41, 5.74) is 0.837. The van der Waals surface area contributed by atoms with Gasteiger partial charge in [0.25, 0.3) is 5.91 Å². The molecule has 5 nitrogen and oxygen atoms in total. The number of carbonyl (C=O) groups is 1. The van der Waals surface area contributed by atoms with Gasteiger partial charge >= 0.3 is 0 Å². The number of sulfone groups is 1. The van der Waals surface area contributed by atoms with Crippen molar-refractivity contribution in [3.63, 3.8) is 0 Å². The van der Waals surface area contributed by atoms with Crippen molar-refractivity contribution < 1.29 is 18.3 Å². The Hall–Kier alpha value is -1.40. The Balaban J connectivity index is 2.01. The van der Waals surface area contributed by atoms with Crippen molar-refractivity contribution in [2.75, 3.05) is 6.26 Å². The zero-order valence-electron chi connectivity index (χ0n) is 12.5. The fourth-order valence-corrected chi connectivity index (χ4v) is 3.24. The van der Waals surface area contributed by atoms with Crippen LogP contribution in [-0.4, -0.2) is 37.8 Å². The van der Waals surface area contributed by atoms with Crippen LogP contribution in [-0.2, 0) is 15.6 Å². The molecular formula is C15H21NO4S. The third kappa shape index (κ3) is 3.63. The Labute approximate surface area is 125 Å². The molecule has 1 fully saturated rings. The normalized spacial score (nSPS) is 24.2. The SMILES string of the molecule is CC1(C)C(O)CC1NC(=O)c1ccc(CS(C)(=O)=O)cc1. The third-order valence-corrected chi connectivity index (χ3v) is 5.02. The minimum Gasteiger partial charge on any atom is -0.392 e. The van der Waals surface area contributed by atoms with Crippen molar-refractivity contribution in [3.8, 4) is 0 Å². The van der Waals surface area contributed by atoms with Crippen molar-refractivity contribution >= 4 is 15.7 Å². The second-order valence-corrected chi connectivity index (χ2v) is 8.51. The van der Waals surface area contributed by atoms with Crippen LogP contribution >= 0.6 is 0 Å². The minimum atomic E-state index is -3.07. The Morgan fingerprint density at radius 3 is 2.33 bits per heavy atom. The van der Waals surface area contributed by atoms with Crippen molar-refractivity contribution in [3.05, 3.63) is 35.4 Å². The summed E-state index contributed by atoms with van der Waals surface area (Å²) in [7, 11) is -3.07. The van der Waals surface area contributed by atoms with Crippen LogP contribution in [0.3, 0.4) is 0 Å². The van der Waals surface area contributed by atoms with E-state index in [4.69, 9.17) is 0 Å². The van der Waals surface area contributed by atoms with Gasteiger partial charge in [-0.25, -0.2) is 8.42 Å². The summed E-state index contributed by atoms with van der Waals surface area (Å²) < 4.78 is 22.4. The van der Waals surface area contributed by atoms with E-state index in [0.29, 0.717) is 17.5 Å². The number of nitrogens with one attached hydrogen (secondary N) is 1. The number of rotatable bonds is 4. The largest absolute Gasteiger partial charge is 0.392 e. The van der Waals surface area contributed by atoms with Crippen LogP contribution in [0, 0.1) is 5.41 Å². The van der Waals surface area contributed by atoms with Gasteiger partial charge in [-0.15, -0.1) is 0 Å². The van der Waals surface area contributed by atoms with E-state index in [1.54, 1.807) is 24.3 Å². The van der Waals surface area contributed by atoms with Gasteiger partial charge in [-0.2, -0.15) is 0 Å². The quantitative estimate of drug-likeness (QED) is 0.873. The van der Waals surface area contributed by atoms with Gasteiger partial charge in [0.05, 0.1) is 11.9 Å². The maximum atomic E-state index is 12.1. The lowest BCUT2D eigenvalue weighted by molar-refractivity contribution is -0.0689. The summed E-state index contributed by atoms with van der Waals surface area (Å²) in [6, 6.07) is 6.50. The zero-order chi connectivity index (χ0) is 15.8. The number of amides is 1. The molecule has 2 unspecified atom stereocenters. The summed E-state index contributed by atoms with van der Waals surface area (Å²) in [4.78, 5) is 12.1. The molecule has 2 rings (SSSR count). The molecule has 0 aliphatic heterocycles. The topological polar surface area (TPSA) is 83.5 Å². The van der Waals surface area contributed by atoms with Crippen LogP contribution in [0.4, 0.5) is 0 Å². The first-order valence-electron chi connectivity index (χ1n) is 6.85. The molecule has 0 radical (unpaired) electrons. The molecule has 0 saturated heterocycles. The van der Waals surface area contributed by atoms with E-state index in [-0.39, 0.29) is 29.2 Å². The maximum absolute atomic E-state index is 12.1. The predicted molar refractivity (Wildman–Crippen MR) is 80.6 cm³/mol. The lowest BCUT2D eigenvalue weighted by Gasteiger charge is -2.49. The van der Waals surface area contributed by atoms with Gasteiger partial charge in [0.2, 0.25) is 0 Å². The van der Waals surface area contributed by atoms with Gasteiger partial charge in [0.1, 0.15) is 0 Å². The second-order valence-electron chi connectivity index (χ2n) is 6.37. The van der Waals surface area contributed by atoms with Crippen molar-refractivity contribution in [1.82, 2.24) is 5.32 Å². The standard InChI is InChI=1S/C15H21NO4S/c1-15(2)12(8-13(15)17)16-14(18)11-6-4-10(5-7-11)9-21(3,19)20/h4-7,12-13,17H,8-9H2,1-3H3,(H,16,18). The van der Waals surface area contributed by atoms with Gasteiger partial charge < -0.3 is 10.4 Å². The lowest BCUT2D eigenvalue weighted by atomic mass is 9.64. The number of benzene rings is 1. The van der Waals surface area contributed by atoms with Gasteiger partial charge in [0, 0.05) is 23.3 Å². The van der Waals surface area contributed by atoms with Gasteiger partial charge in [-0.1, -0.05) is 26.0 Å². The summed E-state index contributed by atoms with van der Waals surface area (Å²) in [6.45, 7) is 3.84. The molecule has 6 heteroatoms. The van der Waals surface area contributed by atoms with Gasteiger partial charge in [-0.3, -0.25) is 4.79 Å². The Bertz CT molecular complexity index is 634. The molecule has 0 bridgehead atoms. The number of hydrogen-bond donors (Lipinski definition) is 2. The minimum absolute atomic E-state index is 0.0310. The van der Waals surface area contributed by atoms with E-state index in [2.05, 4.69) is 5.32 Å². The molecule has 0 spiro atoms. The number of aliphatic hydroxyl groups excluding tert-OH is 1. The molecule has 1 aliphatic carbocycles. The van der Waals surface area contributed by atoms with Crippen molar-refractivity contribution in [2.24, 2.45) is 5.41 Å². The van der Waals surface area contributed by atoms with E-state index < -0.39 is 9.84 Å². The highest BCUT2D eigenvalue weighted by Crippen LogP contribution is 2.40. The highest BCUT2D eigenvalue weighted by atomic mass is 32.2. The maximum Gasteiger partial charge on any atom is 0.251 e. The lowest BCUT2D eigenvalue weighted by Crippen LogP contribution is -2.61. The average molecular weight is 311 g/mol. The molecule has 1 aromatic carbocycles. The van der Waals surface area contributed by atoms with E-state index in [1.807, 2.05) is 13.8 Å². The average Bonchev–Trinajstić information content (AvgIpc) is 2.37. The van der Waals surface area contributed by atoms with Crippen LogP contribution in [0.2, 0.25) is 0 Å². The van der Waals surface area contributed by atoms with Crippen LogP contribution in [0.5, 0.6) is 0 Å². The predicted octanol–water partition coefficient (Wildman–Crippen LogP) is 1.12. The third-order valence-electron chi connectivity index (χ3n) is 4.17. The Morgan fingerprint density at radius 1 is 1.33 bits per heavy atom. The van der Waals surface area contributed by atoms with E-state index in [9.17, 15) is 18.3 Å². The van der Waals surface area contributed by atoms with E-state index in [1.165, 1.54) is 6.26 Å². The molecule has 0 heterocycles. The molecule has 1 amide bonds. The first-order chi connectivity index (χ1) is 9.59. The fraction of sp³-hybridized carbons (Fsp3) is 0.533. The highest BCUT2D eigenvalue weighted by Gasteiger charge is 2.47. The summed E-state index contributed by atoms with van der Waals surface area (Å²) >= 11 is 0. The number of hydrogen-bond acceptors (Lipinski definition) is 4. The van der Waals surface area contributed by atoms with Crippen molar-refractivity contribution in [1.29, 1.82) is 0 Å². The smallest absolute Gasteiger partial charge is 0.251 e. The molecule has 1 aliphatic rings. The van der Waals surface area contributed by atoms with Crippen LogP contribution in [0.25, 0.3) is 0 Å². The Morgan fingerprint density at radius 2 is 1.90 bits per heavy atom. The second kappa shape index (κ2) is 5.42. The fourth-order valence-electron chi connectivity index (χ4n) is 2.44. The summed E-state index contributed by atoms with van der Waals surface area (Å²) in [6.07, 6.45) is 1.35. The number of aliphatic hydroxyl groups is 1. The highest BCUT2D eigenvalue weighted by molar-refractivity contribution is 7.89. The molecule has 1 saturated carbocycles. The van der Waals surface area contributed by atoms with Gasteiger partial charge in [-0.05, 0) is 24.1 Å². The van der Waals surface area contributed by atoms with Crippen LogP contribution < -0.4 is 5.32 Å². The molecular weight excluding hydrogens is 290 g/mol. The summed E-state index contributed by atoms with van der Waals surface area (Å²) in [5, 5.41) is 12.6. The zero-order valence-corrected chi connectivity index (χ0v) is 13.3. The summed E-state index contributed by atoms with van der Waals surface area (Å²) in [5.74, 6) is -0.234.